The maximum absolute atomic E-state index is 11.8. The molecule has 3 rings (SSSR count). The molecular formula is C15H23N3OS. The maximum Gasteiger partial charge on any atom is 0.222 e. The second kappa shape index (κ2) is 6.22. The molecular weight excluding hydrogens is 270 g/mol. The van der Waals surface area contributed by atoms with E-state index in [4.69, 9.17) is 4.98 Å². The van der Waals surface area contributed by atoms with Gasteiger partial charge >= 0.3 is 0 Å². The summed E-state index contributed by atoms with van der Waals surface area (Å²) in [6.45, 7) is 6.72. The second-order valence-corrected chi connectivity index (χ2v) is 6.79. The van der Waals surface area contributed by atoms with Gasteiger partial charge in [0, 0.05) is 43.9 Å². The van der Waals surface area contributed by atoms with Gasteiger partial charge in [-0.25, -0.2) is 4.98 Å². The molecule has 0 aromatic carbocycles. The van der Waals surface area contributed by atoms with E-state index < -0.39 is 0 Å². The minimum Gasteiger partial charge on any atom is -0.340 e. The Morgan fingerprint density at radius 3 is 2.75 bits per heavy atom. The molecule has 1 aromatic rings. The van der Waals surface area contributed by atoms with Crippen molar-refractivity contribution in [2.24, 2.45) is 0 Å². The van der Waals surface area contributed by atoms with Crippen LogP contribution in [0.15, 0.2) is 5.38 Å². The topological polar surface area (TPSA) is 36.4 Å². The van der Waals surface area contributed by atoms with Gasteiger partial charge in [0.15, 0.2) is 0 Å². The number of hydrogen-bond donors (Lipinski definition) is 0. The van der Waals surface area contributed by atoms with Crippen LogP contribution in [0.2, 0.25) is 0 Å². The molecule has 1 amide bonds. The molecule has 0 N–H and O–H groups in total. The molecule has 1 saturated carbocycles. The fourth-order valence-electron chi connectivity index (χ4n) is 2.68. The molecule has 0 spiro atoms. The van der Waals surface area contributed by atoms with Crippen LogP contribution in [0.5, 0.6) is 0 Å². The van der Waals surface area contributed by atoms with Crippen LogP contribution in [0.3, 0.4) is 0 Å². The van der Waals surface area contributed by atoms with Crippen LogP contribution in [0.1, 0.15) is 49.2 Å². The number of aromatic nitrogens is 1. The van der Waals surface area contributed by atoms with Crippen molar-refractivity contribution >= 4 is 17.2 Å². The Morgan fingerprint density at radius 1 is 1.35 bits per heavy atom. The molecule has 1 aliphatic carbocycles. The fourth-order valence-corrected chi connectivity index (χ4v) is 3.60. The first kappa shape index (κ1) is 14.0. The summed E-state index contributed by atoms with van der Waals surface area (Å²) < 4.78 is 0. The summed E-state index contributed by atoms with van der Waals surface area (Å²) in [4.78, 5) is 21.0. The van der Waals surface area contributed by atoms with E-state index in [0.29, 0.717) is 12.3 Å². The summed E-state index contributed by atoms with van der Waals surface area (Å²) >= 11 is 1.79. The van der Waals surface area contributed by atoms with Crippen molar-refractivity contribution in [3.05, 3.63) is 16.1 Å². The van der Waals surface area contributed by atoms with Crippen molar-refractivity contribution in [3.63, 3.8) is 0 Å². The molecule has 1 aliphatic heterocycles. The van der Waals surface area contributed by atoms with E-state index in [1.807, 2.05) is 4.90 Å². The number of thiazole rings is 1. The zero-order valence-electron chi connectivity index (χ0n) is 12.2. The SMILES string of the molecule is CCCC(=O)N1CCN(Cc2nc(C3CC3)cs2)CC1. The van der Waals surface area contributed by atoms with E-state index in [1.54, 1.807) is 11.3 Å². The number of hydrogen-bond acceptors (Lipinski definition) is 4. The average molecular weight is 293 g/mol. The normalized spacial score (nSPS) is 20.4. The highest BCUT2D eigenvalue weighted by atomic mass is 32.1. The number of nitrogens with zero attached hydrogens (tertiary/aromatic N) is 3. The highest BCUT2D eigenvalue weighted by molar-refractivity contribution is 7.09. The van der Waals surface area contributed by atoms with Crippen molar-refractivity contribution < 1.29 is 4.79 Å². The minimum atomic E-state index is 0.317. The molecule has 2 fully saturated rings. The third-order valence-corrected chi connectivity index (χ3v) is 4.96. The summed E-state index contributed by atoms with van der Waals surface area (Å²) in [5, 5.41) is 3.47. The number of amides is 1. The van der Waals surface area contributed by atoms with Gasteiger partial charge in [-0.05, 0) is 19.3 Å². The summed E-state index contributed by atoms with van der Waals surface area (Å²) in [5.41, 5.74) is 1.31. The first-order valence-electron chi connectivity index (χ1n) is 7.70. The zero-order chi connectivity index (χ0) is 13.9. The van der Waals surface area contributed by atoms with E-state index >= 15 is 0 Å². The quantitative estimate of drug-likeness (QED) is 0.837. The van der Waals surface area contributed by atoms with Gasteiger partial charge in [-0.15, -0.1) is 11.3 Å². The summed E-state index contributed by atoms with van der Waals surface area (Å²) in [6, 6.07) is 0. The Hall–Kier alpha value is -0.940. The third kappa shape index (κ3) is 3.38. The van der Waals surface area contributed by atoms with Gasteiger partial charge in [0.05, 0.1) is 12.2 Å². The number of rotatable bonds is 5. The number of piperazine rings is 1. The highest BCUT2D eigenvalue weighted by Crippen LogP contribution is 2.40. The molecule has 110 valence electrons. The molecule has 1 saturated heterocycles. The highest BCUT2D eigenvalue weighted by Gasteiger charge is 2.26. The maximum atomic E-state index is 11.8. The fraction of sp³-hybridized carbons (Fsp3) is 0.733. The van der Waals surface area contributed by atoms with E-state index in [2.05, 4.69) is 17.2 Å². The zero-order valence-corrected chi connectivity index (χ0v) is 13.0. The third-order valence-electron chi connectivity index (χ3n) is 4.11. The molecule has 2 heterocycles. The lowest BCUT2D eigenvalue weighted by Crippen LogP contribution is -2.48. The molecule has 0 bridgehead atoms. The Bertz CT molecular complexity index is 461. The van der Waals surface area contributed by atoms with Crippen LogP contribution in [-0.4, -0.2) is 46.9 Å². The van der Waals surface area contributed by atoms with E-state index in [0.717, 1.165) is 45.1 Å². The average Bonchev–Trinajstić information content (AvgIpc) is 3.21. The molecule has 20 heavy (non-hydrogen) atoms. The van der Waals surface area contributed by atoms with Gasteiger partial charge in [0.2, 0.25) is 5.91 Å². The van der Waals surface area contributed by atoms with Crippen LogP contribution in [0.4, 0.5) is 0 Å². The second-order valence-electron chi connectivity index (χ2n) is 5.85. The lowest BCUT2D eigenvalue weighted by atomic mass is 10.2. The molecule has 0 unspecified atom stereocenters. The first-order chi connectivity index (χ1) is 9.76. The Labute approximate surface area is 124 Å². The smallest absolute Gasteiger partial charge is 0.222 e. The lowest BCUT2D eigenvalue weighted by molar-refractivity contribution is -0.133. The van der Waals surface area contributed by atoms with Crippen LogP contribution < -0.4 is 0 Å². The van der Waals surface area contributed by atoms with Crippen molar-refractivity contribution in [1.29, 1.82) is 0 Å². The largest absolute Gasteiger partial charge is 0.340 e. The molecule has 4 nitrogen and oxygen atoms in total. The monoisotopic (exact) mass is 293 g/mol. The van der Waals surface area contributed by atoms with Gasteiger partial charge in [0.25, 0.3) is 0 Å². The standard InChI is InChI=1S/C15H23N3OS/c1-2-3-15(19)18-8-6-17(7-9-18)10-14-16-13(11-20-14)12-4-5-12/h11-12H,2-10H2,1H3. The molecule has 0 radical (unpaired) electrons. The predicted molar refractivity (Wildman–Crippen MR) is 80.9 cm³/mol. The first-order valence-corrected chi connectivity index (χ1v) is 8.58. The predicted octanol–water partition coefficient (Wildman–Crippen LogP) is 2.46. The van der Waals surface area contributed by atoms with Gasteiger partial charge in [-0.2, -0.15) is 0 Å². The molecule has 5 heteroatoms. The Kier molecular flexibility index (Phi) is 4.36. The summed E-state index contributed by atoms with van der Waals surface area (Å²) in [6.07, 6.45) is 4.28. The van der Waals surface area contributed by atoms with Crippen LogP contribution in [0, 0.1) is 0 Å². The number of carbonyl (C=O) groups excluding carboxylic acids is 1. The summed E-state index contributed by atoms with van der Waals surface area (Å²) in [5.74, 6) is 1.07. The summed E-state index contributed by atoms with van der Waals surface area (Å²) in [7, 11) is 0. The molecule has 2 aliphatic rings. The van der Waals surface area contributed by atoms with Gasteiger partial charge in [-0.1, -0.05) is 6.92 Å². The van der Waals surface area contributed by atoms with Gasteiger partial charge in [-0.3, -0.25) is 9.69 Å². The van der Waals surface area contributed by atoms with Crippen molar-refractivity contribution in [1.82, 2.24) is 14.8 Å². The van der Waals surface area contributed by atoms with Crippen LogP contribution >= 0.6 is 11.3 Å². The van der Waals surface area contributed by atoms with E-state index in [-0.39, 0.29) is 0 Å². The van der Waals surface area contributed by atoms with Gasteiger partial charge in [0.1, 0.15) is 5.01 Å². The van der Waals surface area contributed by atoms with Crippen molar-refractivity contribution in [3.8, 4) is 0 Å². The molecule has 0 atom stereocenters. The minimum absolute atomic E-state index is 0.317. The molecule has 1 aromatic heterocycles. The van der Waals surface area contributed by atoms with Crippen molar-refractivity contribution in [2.45, 2.75) is 45.1 Å². The van der Waals surface area contributed by atoms with E-state index in [9.17, 15) is 4.79 Å². The van der Waals surface area contributed by atoms with Gasteiger partial charge < -0.3 is 4.90 Å². The Balaban J connectivity index is 1.46. The van der Waals surface area contributed by atoms with Crippen molar-refractivity contribution in [2.75, 3.05) is 26.2 Å². The van der Waals surface area contributed by atoms with E-state index in [1.165, 1.54) is 23.5 Å². The van der Waals surface area contributed by atoms with Crippen LogP contribution in [-0.2, 0) is 11.3 Å². The Morgan fingerprint density at radius 2 is 2.10 bits per heavy atom. The lowest BCUT2D eigenvalue weighted by Gasteiger charge is -2.34. The van der Waals surface area contributed by atoms with Crippen LogP contribution in [0.25, 0.3) is 0 Å². The number of carbonyl (C=O) groups is 1.